The van der Waals surface area contributed by atoms with Crippen LogP contribution in [0.1, 0.15) is 63.1 Å². The second-order valence-corrected chi connectivity index (χ2v) is 11.5. The van der Waals surface area contributed by atoms with Crippen molar-refractivity contribution in [1.82, 2.24) is 4.90 Å². The Morgan fingerprint density at radius 3 is 2.08 bits per heavy atom. The lowest BCUT2D eigenvalue weighted by Gasteiger charge is -2.36. The van der Waals surface area contributed by atoms with Gasteiger partial charge in [0.25, 0.3) is 0 Å². The van der Waals surface area contributed by atoms with E-state index in [0.29, 0.717) is 38.8 Å². The molecule has 38 heavy (non-hydrogen) atoms. The number of ether oxygens (including phenoxy) is 2. The van der Waals surface area contributed by atoms with Crippen LogP contribution < -0.4 is 9.64 Å². The first-order valence-electron chi connectivity index (χ1n) is 13.5. The number of anilines is 1. The second kappa shape index (κ2) is 11.6. The Hall–Kier alpha value is -2.74. The number of piperazine rings is 1. The van der Waals surface area contributed by atoms with Crippen LogP contribution in [0.5, 0.6) is 5.75 Å². The Morgan fingerprint density at radius 2 is 1.50 bits per heavy atom. The SMILES string of the molecule is Cc1ccc(OC2CCC(OCC(=O)N3CCN(c4ccc(C(C)(C)C)cc4)CC3)CC2)cc1C(F)(F)F. The number of nitrogens with zero attached hydrogens (tertiary/aromatic N) is 2. The molecule has 2 fully saturated rings. The molecule has 1 saturated heterocycles. The third-order valence-corrected chi connectivity index (χ3v) is 7.61. The van der Waals surface area contributed by atoms with Crippen LogP contribution >= 0.6 is 0 Å². The fourth-order valence-electron chi connectivity index (χ4n) is 5.16. The van der Waals surface area contributed by atoms with Crippen molar-refractivity contribution in [3.63, 3.8) is 0 Å². The van der Waals surface area contributed by atoms with Crippen LogP contribution in [-0.4, -0.2) is 55.8 Å². The summed E-state index contributed by atoms with van der Waals surface area (Å²) in [7, 11) is 0. The third kappa shape index (κ3) is 7.22. The summed E-state index contributed by atoms with van der Waals surface area (Å²) in [6, 6.07) is 12.8. The molecule has 1 aliphatic carbocycles. The zero-order valence-corrected chi connectivity index (χ0v) is 22.8. The van der Waals surface area contributed by atoms with Crippen molar-refractivity contribution in [2.24, 2.45) is 0 Å². The molecule has 2 aromatic carbocycles. The van der Waals surface area contributed by atoms with E-state index < -0.39 is 11.7 Å². The van der Waals surface area contributed by atoms with Crippen molar-refractivity contribution in [3.8, 4) is 5.75 Å². The van der Waals surface area contributed by atoms with Crippen LogP contribution in [0.3, 0.4) is 0 Å². The first-order valence-corrected chi connectivity index (χ1v) is 13.5. The van der Waals surface area contributed by atoms with Crippen molar-refractivity contribution in [2.45, 2.75) is 77.2 Å². The Labute approximate surface area is 223 Å². The van der Waals surface area contributed by atoms with Gasteiger partial charge < -0.3 is 19.3 Å². The minimum absolute atomic E-state index is 0.00504. The minimum Gasteiger partial charge on any atom is -0.490 e. The molecule has 1 amide bonds. The third-order valence-electron chi connectivity index (χ3n) is 7.61. The number of hydrogen-bond acceptors (Lipinski definition) is 4. The van der Waals surface area contributed by atoms with Crippen molar-refractivity contribution in [1.29, 1.82) is 0 Å². The number of benzene rings is 2. The molecule has 8 heteroatoms. The first-order chi connectivity index (χ1) is 17.9. The Balaban J connectivity index is 1.17. The Bertz CT molecular complexity index is 1080. The monoisotopic (exact) mass is 532 g/mol. The van der Waals surface area contributed by atoms with Gasteiger partial charge in [-0.1, -0.05) is 39.0 Å². The van der Waals surface area contributed by atoms with Gasteiger partial charge >= 0.3 is 6.18 Å². The van der Waals surface area contributed by atoms with Gasteiger partial charge in [0, 0.05) is 31.9 Å². The number of halogens is 3. The highest BCUT2D eigenvalue weighted by atomic mass is 19.4. The van der Waals surface area contributed by atoms with Crippen LogP contribution in [-0.2, 0) is 21.1 Å². The maximum Gasteiger partial charge on any atom is 0.416 e. The molecule has 0 N–H and O–H groups in total. The van der Waals surface area contributed by atoms with Crippen molar-refractivity contribution in [2.75, 3.05) is 37.7 Å². The molecule has 0 atom stereocenters. The maximum absolute atomic E-state index is 13.2. The highest BCUT2D eigenvalue weighted by Crippen LogP contribution is 2.35. The lowest BCUT2D eigenvalue weighted by Crippen LogP contribution is -2.50. The predicted molar refractivity (Wildman–Crippen MR) is 143 cm³/mol. The topological polar surface area (TPSA) is 42.0 Å². The minimum atomic E-state index is -4.40. The molecule has 0 spiro atoms. The quantitative estimate of drug-likeness (QED) is 0.434. The molecule has 0 bridgehead atoms. The number of amides is 1. The second-order valence-electron chi connectivity index (χ2n) is 11.5. The molecular formula is C30H39F3N2O3. The molecule has 1 aliphatic heterocycles. The van der Waals surface area contributed by atoms with E-state index in [1.54, 1.807) is 6.07 Å². The highest BCUT2D eigenvalue weighted by molar-refractivity contribution is 5.77. The van der Waals surface area contributed by atoms with Crippen molar-refractivity contribution >= 4 is 11.6 Å². The molecule has 5 nitrogen and oxygen atoms in total. The predicted octanol–water partition coefficient (Wildman–Crippen LogP) is 6.37. The van der Waals surface area contributed by atoms with Gasteiger partial charge in [-0.05, 0) is 73.4 Å². The van der Waals surface area contributed by atoms with Gasteiger partial charge in [-0.15, -0.1) is 0 Å². The summed E-state index contributed by atoms with van der Waals surface area (Å²) >= 11 is 0. The molecule has 208 valence electrons. The maximum atomic E-state index is 13.2. The van der Waals surface area contributed by atoms with E-state index in [1.807, 2.05) is 4.90 Å². The van der Waals surface area contributed by atoms with E-state index in [4.69, 9.17) is 9.47 Å². The smallest absolute Gasteiger partial charge is 0.416 e. The van der Waals surface area contributed by atoms with Gasteiger partial charge in [0.2, 0.25) is 5.91 Å². The number of hydrogen-bond donors (Lipinski definition) is 0. The largest absolute Gasteiger partial charge is 0.490 e. The fourth-order valence-corrected chi connectivity index (χ4v) is 5.16. The molecule has 2 aliphatic rings. The zero-order chi connectivity index (χ0) is 27.5. The normalized spacial score (nSPS) is 20.9. The fraction of sp³-hybridized carbons (Fsp3) is 0.567. The standard InChI is InChI=1S/C30H39F3N2O3/c1-21-5-10-26(19-27(21)30(31,32)33)38-25-13-11-24(12-14-25)37-20-28(36)35-17-15-34(16-18-35)23-8-6-22(7-9-23)29(2,3)4/h5-10,19,24-25H,11-18,20H2,1-4H3. The van der Waals surface area contributed by atoms with Crippen LogP contribution in [0, 0.1) is 6.92 Å². The van der Waals surface area contributed by atoms with Gasteiger partial charge in [0.1, 0.15) is 12.4 Å². The van der Waals surface area contributed by atoms with Crippen LogP contribution in [0.15, 0.2) is 42.5 Å². The van der Waals surface area contributed by atoms with Gasteiger partial charge in [0.05, 0.1) is 17.8 Å². The number of alkyl halides is 3. The molecule has 0 unspecified atom stereocenters. The first kappa shape index (κ1) is 28.3. The van der Waals surface area contributed by atoms with E-state index in [9.17, 15) is 18.0 Å². The number of aryl methyl sites for hydroxylation is 1. The average molecular weight is 533 g/mol. The van der Waals surface area contributed by atoms with Gasteiger partial charge in [-0.3, -0.25) is 4.79 Å². The highest BCUT2D eigenvalue weighted by Gasteiger charge is 2.33. The Kier molecular flexibility index (Phi) is 8.60. The van der Waals surface area contributed by atoms with Crippen molar-refractivity contribution in [3.05, 3.63) is 59.2 Å². The number of rotatable bonds is 6. The van der Waals surface area contributed by atoms with E-state index in [2.05, 4.69) is 49.9 Å². The Morgan fingerprint density at radius 1 is 0.895 bits per heavy atom. The number of carbonyl (C=O) groups excluding carboxylic acids is 1. The summed E-state index contributed by atoms with van der Waals surface area (Å²) in [6.45, 7) is 11.0. The van der Waals surface area contributed by atoms with E-state index in [-0.39, 0.29) is 41.4 Å². The van der Waals surface area contributed by atoms with E-state index in [0.717, 1.165) is 19.2 Å². The van der Waals surface area contributed by atoms with Gasteiger partial charge in [-0.25, -0.2) is 0 Å². The zero-order valence-electron chi connectivity index (χ0n) is 22.8. The summed E-state index contributed by atoms with van der Waals surface area (Å²) in [5.41, 5.74) is 2.13. The van der Waals surface area contributed by atoms with Crippen LogP contribution in [0.25, 0.3) is 0 Å². The molecule has 1 saturated carbocycles. The summed E-state index contributed by atoms with van der Waals surface area (Å²) in [5.74, 6) is 0.247. The summed E-state index contributed by atoms with van der Waals surface area (Å²) in [6.07, 6.45) is -1.79. The molecule has 2 aromatic rings. The molecule has 4 rings (SSSR count). The lowest BCUT2D eigenvalue weighted by atomic mass is 9.87. The number of carbonyl (C=O) groups is 1. The average Bonchev–Trinajstić information content (AvgIpc) is 2.88. The summed E-state index contributed by atoms with van der Waals surface area (Å²) in [5, 5.41) is 0. The molecule has 1 heterocycles. The van der Waals surface area contributed by atoms with Crippen molar-refractivity contribution < 1.29 is 27.4 Å². The van der Waals surface area contributed by atoms with Crippen LogP contribution in [0.2, 0.25) is 0 Å². The van der Waals surface area contributed by atoms with E-state index >= 15 is 0 Å². The van der Waals surface area contributed by atoms with E-state index in [1.165, 1.54) is 24.2 Å². The molecule has 0 aromatic heterocycles. The molecular weight excluding hydrogens is 493 g/mol. The lowest BCUT2D eigenvalue weighted by molar-refractivity contribution is -0.140. The van der Waals surface area contributed by atoms with Crippen LogP contribution in [0.4, 0.5) is 18.9 Å². The summed E-state index contributed by atoms with van der Waals surface area (Å²) in [4.78, 5) is 16.9. The molecule has 0 radical (unpaired) electrons. The van der Waals surface area contributed by atoms with Gasteiger partial charge in [0.15, 0.2) is 0 Å². The summed E-state index contributed by atoms with van der Waals surface area (Å²) < 4.78 is 51.3. The van der Waals surface area contributed by atoms with Gasteiger partial charge in [-0.2, -0.15) is 13.2 Å².